The van der Waals surface area contributed by atoms with Gasteiger partial charge in [-0.15, -0.1) is 0 Å². The first kappa shape index (κ1) is 13.1. The molecule has 0 radical (unpaired) electrons. The highest BCUT2D eigenvalue weighted by Crippen LogP contribution is 2.28. The van der Waals surface area contributed by atoms with Crippen LogP contribution in [0.3, 0.4) is 0 Å². The summed E-state index contributed by atoms with van der Waals surface area (Å²) in [4.78, 5) is 17.8. The summed E-state index contributed by atoms with van der Waals surface area (Å²) in [6.07, 6.45) is 1.72. The van der Waals surface area contributed by atoms with Crippen molar-refractivity contribution in [2.45, 2.75) is 27.3 Å². The van der Waals surface area contributed by atoms with E-state index in [0.29, 0.717) is 12.2 Å². The quantitative estimate of drug-likeness (QED) is 0.654. The lowest BCUT2D eigenvalue weighted by atomic mass is 10.1. The molecule has 2 rings (SSSR count). The van der Waals surface area contributed by atoms with Crippen molar-refractivity contribution >= 4 is 11.4 Å². The van der Waals surface area contributed by atoms with Crippen LogP contribution in [0, 0.1) is 30.9 Å². The minimum absolute atomic E-state index is 0.0966. The minimum atomic E-state index is -0.368. The molecule has 6 heteroatoms. The van der Waals surface area contributed by atoms with E-state index in [0.717, 1.165) is 22.6 Å². The highest BCUT2D eigenvalue weighted by Gasteiger charge is 2.15. The fourth-order valence-corrected chi connectivity index (χ4v) is 1.85. The molecule has 2 N–H and O–H groups in total. The Bertz CT molecular complexity index is 619. The molecule has 0 aliphatic rings. The Hall–Kier alpha value is -2.37. The van der Waals surface area contributed by atoms with E-state index < -0.39 is 0 Å². The predicted octanol–water partition coefficient (Wildman–Crippen LogP) is 2.86. The second-order valence-electron chi connectivity index (χ2n) is 4.56. The molecule has 1 heterocycles. The highest BCUT2D eigenvalue weighted by molar-refractivity contribution is 5.64. The van der Waals surface area contributed by atoms with E-state index in [1.807, 2.05) is 20.8 Å². The molecule has 0 fully saturated rings. The van der Waals surface area contributed by atoms with Gasteiger partial charge in [0.05, 0.1) is 23.4 Å². The standard InChI is InChI=1S/C13H16N4O2/c1-8-4-12(13(17(18)19)5-9(8)2)15-7-11-6-14-10(3)16-11/h4-6,15H,7H2,1-3H3,(H,14,16). The lowest BCUT2D eigenvalue weighted by Gasteiger charge is -2.08. The van der Waals surface area contributed by atoms with Crippen LogP contribution in [0.25, 0.3) is 0 Å². The molecule has 0 amide bonds. The van der Waals surface area contributed by atoms with Crippen molar-refractivity contribution < 1.29 is 4.92 Å². The van der Waals surface area contributed by atoms with Crippen molar-refractivity contribution in [3.63, 3.8) is 0 Å². The Morgan fingerprint density at radius 3 is 2.58 bits per heavy atom. The van der Waals surface area contributed by atoms with Crippen molar-refractivity contribution in [2.75, 3.05) is 5.32 Å². The lowest BCUT2D eigenvalue weighted by molar-refractivity contribution is -0.384. The van der Waals surface area contributed by atoms with Crippen LogP contribution in [-0.2, 0) is 6.54 Å². The summed E-state index contributed by atoms with van der Waals surface area (Å²) in [6, 6.07) is 3.40. The number of aromatic amines is 1. The third kappa shape index (κ3) is 2.90. The number of hydrogen-bond donors (Lipinski definition) is 2. The molecule has 0 bridgehead atoms. The topological polar surface area (TPSA) is 83.8 Å². The fraction of sp³-hybridized carbons (Fsp3) is 0.308. The molecular formula is C13H16N4O2. The third-order valence-electron chi connectivity index (χ3n) is 3.03. The average molecular weight is 260 g/mol. The number of benzene rings is 1. The van der Waals surface area contributed by atoms with E-state index in [1.54, 1.807) is 18.3 Å². The Labute approximate surface area is 111 Å². The van der Waals surface area contributed by atoms with Gasteiger partial charge in [0.2, 0.25) is 0 Å². The van der Waals surface area contributed by atoms with Crippen molar-refractivity contribution in [1.82, 2.24) is 9.97 Å². The number of nitrogens with zero attached hydrogens (tertiary/aromatic N) is 2. The molecular weight excluding hydrogens is 244 g/mol. The van der Waals surface area contributed by atoms with Gasteiger partial charge >= 0.3 is 0 Å². The number of nitro groups is 1. The van der Waals surface area contributed by atoms with Crippen LogP contribution in [0.5, 0.6) is 0 Å². The van der Waals surface area contributed by atoms with Gasteiger partial charge in [-0.25, -0.2) is 4.98 Å². The molecule has 2 aromatic rings. The Morgan fingerprint density at radius 2 is 2.00 bits per heavy atom. The maximum Gasteiger partial charge on any atom is 0.292 e. The van der Waals surface area contributed by atoms with Gasteiger partial charge in [0.25, 0.3) is 5.69 Å². The van der Waals surface area contributed by atoms with E-state index in [1.165, 1.54) is 0 Å². The number of rotatable bonds is 4. The van der Waals surface area contributed by atoms with Crippen molar-refractivity contribution in [3.8, 4) is 0 Å². The lowest BCUT2D eigenvalue weighted by Crippen LogP contribution is -2.04. The predicted molar refractivity (Wildman–Crippen MR) is 73.2 cm³/mol. The number of nitrogens with one attached hydrogen (secondary N) is 2. The minimum Gasteiger partial charge on any atom is -0.374 e. The van der Waals surface area contributed by atoms with Gasteiger partial charge in [0.1, 0.15) is 11.5 Å². The molecule has 0 spiro atoms. The van der Waals surface area contributed by atoms with Gasteiger partial charge in [0.15, 0.2) is 0 Å². The molecule has 1 aromatic carbocycles. The third-order valence-corrected chi connectivity index (χ3v) is 3.03. The van der Waals surface area contributed by atoms with Crippen LogP contribution in [0.4, 0.5) is 11.4 Å². The number of anilines is 1. The summed E-state index contributed by atoms with van der Waals surface area (Å²) < 4.78 is 0. The van der Waals surface area contributed by atoms with E-state index in [4.69, 9.17) is 0 Å². The largest absolute Gasteiger partial charge is 0.374 e. The van der Waals surface area contributed by atoms with Crippen LogP contribution in [0.2, 0.25) is 0 Å². The zero-order valence-electron chi connectivity index (χ0n) is 11.2. The molecule has 100 valence electrons. The van der Waals surface area contributed by atoms with Crippen molar-refractivity contribution in [2.24, 2.45) is 0 Å². The highest BCUT2D eigenvalue weighted by atomic mass is 16.6. The average Bonchev–Trinajstić information content (AvgIpc) is 2.76. The molecule has 19 heavy (non-hydrogen) atoms. The van der Waals surface area contributed by atoms with Gasteiger partial charge in [0, 0.05) is 6.07 Å². The van der Waals surface area contributed by atoms with Crippen molar-refractivity contribution in [1.29, 1.82) is 0 Å². The van der Waals surface area contributed by atoms with Crippen LogP contribution in [0.1, 0.15) is 22.6 Å². The zero-order valence-corrected chi connectivity index (χ0v) is 11.2. The Morgan fingerprint density at radius 1 is 1.32 bits per heavy atom. The normalized spacial score (nSPS) is 10.5. The maximum atomic E-state index is 11.0. The number of hydrogen-bond acceptors (Lipinski definition) is 4. The summed E-state index contributed by atoms with van der Waals surface area (Å²) in [5, 5.41) is 14.1. The van der Waals surface area contributed by atoms with Gasteiger partial charge in [-0.05, 0) is 38.0 Å². The molecule has 0 saturated carbocycles. The molecule has 0 atom stereocenters. The summed E-state index contributed by atoms with van der Waals surface area (Å²) in [5.74, 6) is 0.825. The van der Waals surface area contributed by atoms with Crippen LogP contribution in [-0.4, -0.2) is 14.9 Å². The first-order valence-corrected chi connectivity index (χ1v) is 5.97. The number of imidazole rings is 1. The second-order valence-corrected chi connectivity index (χ2v) is 4.56. The van der Waals surface area contributed by atoms with Crippen LogP contribution >= 0.6 is 0 Å². The summed E-state index contributed by atoms with van der Waals surface area (Å²) in [7, 11) is 0. The van der Waals surface area contributed by atoms with E-state index >= 15 is 0 Å². The van der Waals surface area contributed by atoms with Crippen LogP contribution in [0.15, 0.2) is 18.3 Å². The maximum absolute atomic E-state index is 11.0. The second kappa shape index (κ2) is 5.09. The van der Waals surface area contributed by atoms with Crippen molar-refractivity contribution in [3.05, 3.63) is 51.1 Å². The summed E-state index contributed by atoms with van der Waals surface area (Å²) in [6.45, 7) is 6.14. The van der Waals surface area contributed by atoms with Gasteiger partial charge < -0.3 is 10.3 Å². The first-order chi connectivity index (χ1) is 8.97. The smallest absolute Gasteiger partial charge is 0.292 e. The molecule has 0 aliphatic heterocycles. The molecule has 6 nitrogen and oxygen atoms in total. The van der Waals surface area contributed by atoms with E-state index in [-0.39, 0.29) is 10.6 Å². The number of nitro benzene ring substituents is 1. The van der Waals surface area contributed by atoms with Gasteiger partial charge in [-0.2, -0.15) is 0 Å². The summed E-state index contributed by atoms with van der Waals surface area (Å²) in [5.41, 5.74) is 3.45. The van der Waals surface area contributed by atoms with Gasteiger partial charge in [-0.1, -0.05) is 0 Å². The monoisotopic (exact) mass is 260 g/mol. The fourth-order valence-electron chi connectivity index (χ4n) is 1.85. The van der Waals surface area contributed by atoms with Crippen LogP contribution < -0.4 is 5.32 Å². The number of aromatic nitrogens is 2. The zero-order chi connectivity index (χ0) is 14.0. The molecule has 0 saturated heterocycles. The molecule has 1 aromatic heterocycles. The number of H-pyrrole nitrogens is 1. The molecule has 0 unspecified atom stereocenters. The Kier molecular flexibility index (Phi) is 3.50. The van der Waals surface area contributed by atoms with Gasteiger partial charge in [-0.3, -0.25) is 10.1 Å². The number of aryl methyl sites for hydroxylation is 3. The van der Waals surface area contributed by atoms with E-state index in [2.05, 4.69) is 15.3 Å². The first-order valence-electron chi connectivity index (χ1n) is 5.97. The Balaban J connectivity index is 2.23. The SMILES string of the molecule is Cc1ncc(CNc2cc(C)c(C)cc2[N+](=O)[O-])[nH]1. The summed E-state index contributed by atoms with van der Waals surface area (Å²) >= 11 is 0. The van der Waals surface area contributed by atoms with E-state index in [9.17, 15) is 10.1 Å². The molecule has 0 aliphatic carbocycles.